The van der Waals surface area contributed by atoms with Crippen LogP contribution in [0.5, 0.6) is 0 Å². The van der Waals surface area contributed by atoms with E-state index in [1.807, 2.05) is 0 Å². The molecule has 0 aromatic heterocycles. The topological polar surface area (TPSA) is 29.3 Å². The summed E-state index contributed by atoms with van der Waals surface area (Å²) in [5.41, 5.74) is 6.15. The third-order valence-electron chi connectivity index (χ3n) is 4.56. The highest BCUT2D eigenvalue weighted by molar-refractivity contribution is 4.98. The maximum Gasteiger partial charge on any atom is 0.0116 e. The van der Waals surface area contributed by atoms with Crippen LogP contribution in [0.15, 0.2) is 0 Å². The van der Waals surface area contributed by atoms with Gasteiger partial charge in [-0.15, -0.1) is 0 Å². The van der Waals surface area contributed by atoms with Crippen molar-refractivity contribution < 1.29 is 0 Å². The van der Waals surface area contributed by atoms with Gasteiger partial charge in [-0.25, -0.2) is 0 Å². The van der Waals surface area contributed by atoms with E-state index in [1.54, 1.807) is 0 Å². The van der Waals surface area contributed by atoms with Gasteiger partial charge in [0, 0.05) is 24.2 Å². The molecule has 0 aromatic rings. The maximum atomic E-state index is 6.15. The zero-order valence-corrected chi connectivity index (χ0v) is 8.99. The molecule has 2 N–H and O–H groups in total. The summed E-state index contributed by atoms with van der Waals surface area (Å²) >= 11 is 0. The molecule has 0 aromatic carbocycles. The fraction of sp³-hybridized carbons (Fsp3) is 1.00. The fourth-order valence-corrected chi connectivity index (χ4v) is 4.09. The third-order valence-corrected chi connectivity index (χ3v) is 4.56. The van der Waals surface area contributed by atoms with E-state index < -0.39 is 0 Å². The monoisotopic (exact) mass is 194 g/mol. The normalized spacial score (nSPS) is 48.6. The molecule has 3 rings (SSSR count). The quantitative estimate of drug-likeness (QED) is 0.638. The minimum atomic E-state index is 0.498. The van der Waals surface area contributed by atoms with Crippen LogP contribution in [0.3, 0.4) is 0 Å². The number of nitrogens with zero attached hydrogens (tertiary/aromatic N) is 1. The summed E-state index contributed by atoms with van der Waals surface area (Å²) in [5, 5.41) is 0. The summed E-state index contributed by atoms with van der Waals surface area (Å²) in [5.74, 6) is 0. The smallest absolute Gasteiger partial charge is 0.0116 e. The minimum absolute atomic E-state index is 0.498. The number of hydrogen-bond donors (Lipinski definition) is 1. The molecule has 3 aliphatic heterocycles. The highest BCUT2D eigenvalue weighted by atomic mass is 15.2. The van der Waals surface area contributed by atoms with Gasteiger partial charge in [0.05, 0.1) is 0 Å². The van der Waals surface area contributed by atoms with Gasteiger partial charge in [-0.05, 0) is 38.5 Å². The third kappa shape index (κ3) is 1.40. The molecular formula is C12H22N2. The van der Waals surface area contributed by atoms with E-state index in [2.05, 4.69) is 4.90 Å². The average molecular weight is 194 g/mol. The van der Waals surface area contributed by atoms with Crippen molar-refractivity contribution in [3.05, 3.63) is 0 Å². The van der Waals surface area contributed by atoms with Crippen molar-refractivity contribution in [1.82, 2.24) is 4.90 Å². The Bertz CT molecular complexity index is 196. The van der Waals surface area contributed by atoms with Gasteiger partial charge in [-0.1, -0.05) is 12.8 Å². The van der Waals surface area contributed by atoms with Gasteiger partial charge in [-0.2, -0.15) is 0 Å². The molecule has 3 aliphatic rings. The van der Waals surface area contributed by atoms with Crippen LogP contribution in [0.2, 0.25) is 0 Å². The van der Waals surface area contributed by atoms with E-state index in [0.29, 0.717) is 6.04 Å². The van der Waals surface area contributed by atoms with E-state index in [9.17, 15) is 0 Å². The minimum Gasteiger partial charge on any atom is -0.328 e. The Hall–Kier alpha value is -0.0800. The first-order valence-electron chi connectivity index (χ1n) is 6.37. The number of rotatable bonds is 0. The molecule has 2 nitrogen and oxygen atoms in total. The lowest BCUT2D eigenvalue weighted by Gasteiger charge is -2.54. The standard InChI is InChI=1S/C12H22N2/c13-9-7-11-5-1-3-10-4-2-6-12(8-9)14(10)11/h9-12H,1-8,13H2. The molecule has 0 bridgehead atoms. The predicted octanol–water partition coefficient (Wildman–Crippen LogP) is 1.88. The second kappa shape index (κ2) is 3.49. The highest BCUT2D eigenvalue weighted by Crippen LogP contribution is 2.39. The highest BCUT2D eigenvalue weighted by Gasteiger charge is 2.41. The number of nitrogens with two attached hydrogens (primary N) is 1. The van der Waals surface area contributed by atoms with Crippen molar-refractivity contribution in [2.24, 2.45) is 5.73 Å². The van der Waals surface area contributed by atoms with Crippen LogP contribution in [0.25, 0.3) is 0 Å². The van der Waals surface area contributed by atoms with Crippen molar-refractivity contribution in [2.75, 3.05) is 0 Å². The van der Waals surface area contributed by atoms with Gasteiger partial charge in [0.15, 0.2) is 0 Å². The number of hydrogen-bond acceptors (Lipinski definition) is 2. The Morgan fingerprint density at radius 3 is 1.86 bits per heavy atom. The Labute approximate surface area is 86.8 Å². The zero-order valence-electron chi connectivity index (χ0n) is 8.99. The summed E-state index contributed by atoms with van der Waals surface area (Å²) in [6, 6.07) is 3.13. The van der Waals surface area contributed by atoms with E-state index in [4.69, 9.17) is 5.73 Å². The van der Waals surface area contributed by atoms with E-state index in [1.165, 1.54) is 51.4 Å². The van der Waals surface area contributed by atoms with E-state index in [-0.39, 0.29) is 0 Å². The number of piperidine rings is 3. The first kappa shape index (κ1) is 9.17. The van der Waals surface area contributed by atoms with Crippen LogP contribution in [-0.4, -0.2) is 29.1 Å². The maximum absolute atomic E-state index is 6.15. The molecule has 3 heterocycles. The van der Waals surface area contributed by atoms with Crippen LogP contribution in [0.4, 0.5) is 0 Å². The second-order valence-electron chi connectivity index (χ2n) is 5.50. The molecule has 2 unspecified atom stereocenters. The molecule has 0 radical (unpaired) electrons. The van der Waals surface area contributed by atoms with Crippen LogP contribution < -0.4 is 5.73 Å². The SMILES string of the molecule is NC1CC2CCCC3CCCC(C1)N32. The molecule has 3 fully saturated rings. The molecule has 2 heteroatoms. The average Bonchev–Trinajstić information content (AvgIpc) is 2.18. The first-order chi connectivity index (χ1) is 6.84. The molecule has 0 saturated carbocycles. The lowest BCUT2D eigenvalue weighted by atomic mass is 9.77. The molecule has 14 heavy (non-hydrogen) atoms. The summed E-state index contributed by atoms with van der Waals surface area (Å²) in [4.78, 5) is 2.86. The Balaban J connectivity index is 1.82. The Kier molecular flexibility index (Phi) is 2.29. The van der Waals surface area contributed by atoms with E-state index in [0.717, 1.165) is 18.1 Å². The molecule has 3 saturated heterocycles. The van der Waals surface area contributed by atoms with Crippen molar-refractivity contribution in [2.45, 2.75) is 75.5 Å². The van der Waals surface area contributed by atoms with Crippen LogP contribution in [0, 0.1) is 0 Å². The summed E-state index contributed by atoms with van der Waals surface area (Å²) in [7, 11) is 0. The first-order valence-corrected chi connectivity index (χ1v) is 6.37. The molecule has 0 amide bonds. The van der Waals surface area contributed by atoms with Crippen LogP contribution >= 0.6 is 0 Å². The largest absolute Gasteiger partial charge is 0.328 e. The summed E-state index contributed by atoms with van der Waals surface area (Å²) < 4.78 is 0. The van der Waals surface area contributed by atoms with Crippen molar-refractivity contribution >= 4 is 0 Å². The summed E-state index contributed by atoms with van der Waals surface area (Å²) in [6.45, 7) is 0. The Morgan fingerprint density at radius 2 is 1.29 bits per heavy atom. The van der Waals surface area contributed by atoms with Crippen LogP contribution in [-0.2, 0) is 0 Å². The van der Waals surface area contributed by atoms with Gasteiger partial charge >= 0.3 is 0 Å². The fourth-order valence-electron chi connectivity index (χ4n) is 4.09. The second-order valence-corrected chi connectivity index (χ2v) is 5.50. The van der Waals surface area contributed by atoms with Gasteiger partial charge < -0.3 is 5.73 Å². The van der Waals surface area contributed by atoms with Crippen molar-refractivity contribution in [3.63, 3.8) is 0 Å². The Morgan fingerprint density at radius 1 is 0.786 bits per heavy atom. The van der Waals surface area contributed by atoms with E-state index >= 15 is 0 Å². The molecule has 2 atom stereocenters. The van der Waals surface area contributed by atoms with Crippen LogP contribution in [0.1, 0.15) is 51.4 Å². The van der Waals surface area contributed by atoms with Gasteiger partial charge in [0.2, 0.25) is 0 Å². The lowest BCUT2D eigenvalue weighted by Crippen LogP contribution is -2.60. The molecule has 80 valence electrons. The summed E-state index contributed by atoms with van der Waals surface area (Å²) in [6.07, 6.45) is 11.2. The lowest BCUT2D eigenvalue weighted by molar-refractivity contribution is -0.0312. The zero-order chi connectivity index (χ0) is 9.54. The molecule has 0 spiro atoms. The van der Waals surface area contributed by atoms with Gasteiger partial charge in [-0.3, -0.25) is 4.90 Å². The van der Waals surface area contributed by atoms with Gasteiger partial charge in [0.1, 0.15) is 0 Å². The molecular weight excluding hydrogens is 172 g/mol. The van der Waals surface area contributed by atoms with Crippen molar-refractivity contribution in [3.8, 4) is 0 Å². The predicted molar refractivity (Wildman–Crippen MR) is 58.1 cm³/mol. The van der Waals surface area contributed by atoms with Gasteiger partial charge in [0.25, 0.3) is 0 Å². The molecule has 0 aliphatic carbocycles. The van der Waals surface area contributed by atoms with Crippen molar-refractivity contribution in [1.29, 1.82) is 0 Å².